The predicted octanol–water partition coefficient (Wildman–Crippen LogP) is 4.68. The lowest BCUT2D eigenvalue weighted by atomic mass is 10.1. The van der Waals surface area contributed by atoms with Crippen LogP contribution in [0.15, 0.2) is 78.9 Å². The molecule has 1 aromatic heterocycles. The van der Waals surface area contributed by atoms with Crippen LogP contribution in [0.3, 0.4) is 0 Å². The third-order valence-corrected chi connectivity index (χ3v) is 5.60. The molecule has 0 unspecified atom stereocenters. The number of nitrogens with one attached hydrogen (secondary N) is 1. The molecule has 0 aliphatic carbocycles. The van der Waals surface area contributed by atoms with E-state index >= 15 is 0 Å². The Morgan fingerprint density at radius 2 is 1.55 bits per heavy atom. The number of hydrogen-bond acceptors (Lipinski definition) is 3. The van der Waals surface area contributed by atoms with Crippen molar-refractivity contribution < 1.29 is 14.3 Å². The standard InChI is InChI=1S/C26H24N2O3/c29-26-24-21-12-7-13-23(31-17-20-10-5-2-6-11-20)25(21)28(22(24)14-15-27-26)18-30-16-19-8-3-1-4-9-19/h1-13H,14-18H2,(H,27,29). The molecule has 4 aromatic rings. The van der Waals surface area contributed by atoms with Gasteiger partial charge in [-0.1, -0.05) is 72.8 Å². The molecule has 0 spiro atoms. The number of amides is 1. The summed E-state index contributed by atoms with van der Waals surface area (Å²) in [5.41, 5.74) is 4.86. The molecule has 0 bridgehead atoms. The summed E-state index contributed by atoms with van der Waals surface area (Å²) in [7, 11) is 0. The van der Waals surface area contributed by atoms with Crippen molar-refractivity contribution in [2.45, 2.75) is 26.4 Å². The van der Waals surface area contributed by atoms with Crippen LogP contribution in [0, 0.1) is 0 Å². The molecular weight excluding hydrogens is 388 g/mol. The third-order valence-electron chi connectivity index (χ3n) is 5.60. The van der Waals surface area contributed by atoms with Crippen molar-refractivity contribution in [1.82, 2.24) is 9.88 Å². The van der Waals surface area contributed by atoms with Crippen LogP contribution >= 0.6 is 0 Å². The van der Waals surface area contributed by atoms with Gasteiger partial charge >= 0.3 is 0 Å². The van der Waals surface area contributed by atoms with Crippen LogP contribution in [-0.4, -0.2) is 17.0 Å². The highest BCUT2D eigenvalue weighted by molar-refractivity contribution is 6.10. The van der Waals surface area contributed by atoms with Gasteiger partial charge in [-0.25, -0.2) is 0 Å². The van der Waals surface area contributed by atoms with Crippen LogP contribution < -0.4 is 10.1 Å². The molecule has 3 aromatic carbocycles. The first-order valence-electron chi connectivity index (χ1n) is 10.5. The lowest BCUT2D eigenvalue weighted by Crippen LogP contribution is -2.32. The fourth-order valence-corrected chi connectivity index (χ4v) is 4.15. The molecule has 0 saturated heterocycles. The number of hydrogen-bond donors (Lipinski definition) is 1. The van der Waals surface area contributed by atoms with Crippen molar-refractivity contribution in [1.29, 1.82) is 0 Å². The molecule has 5 rings (SSSR count). The summed E-state index contributed by atoms with van der Waals surface area (Å²) in [6, 6.07) is 26.1. The maximum absolute atomic E-state index is 12.7. The second kappa shape index (κ2) is 8.66. The van der Waals surface area contributed by atoms with E-state index < -0.39 is 0 Å². The monoisotopic (exact) mass is 412 g/mol. The number of nitrogens with zero attached hydrogens (tertiary/aromatic N) is 1. The molecule has 1 amide bonds. The predicted molar refractivity (Wildman–Crippen MR) is 120 cm³/mol. The van der Waals surface area contributed by atoms with Gasteiger partial charge in [0.15, 0.2) is 0 Å². The number of benzene rings is 3. The van der Waals surface area contributed by atoms with Crippen molar-refractivity contribution in [2.75, 3.05) is 6.54 Å². The van der Waals surface area contributed by atoms with E-state index in [4.69, 9.17) is 9.47 Å². The van der Waals surface area contributed by atoms with Gasteiger partial charge in [-0.2, -0.15) is 0 Å². The quantitative estimate of drug-likeness (QED) is 0.480. The van der Waals surface area contributed by atoms with Gasteiger partial charge in [-0.3, -0.25) is 4.79 Å². The summed E-state index contributed by atoms with van der Waals surface area (Å²) in [5.74, 6) is 0.722. The van der Waals surface area contributed by atoms with E-state index in [-0.39, 0.29) is 5.91 Å². The highest BCUT2D eigenvalue weighted by atomic mass is 16.5. The van der Waals surface area contributed by atoms with Gasteiger partial charge in [0.25, 0.3) is 5.91 Å². The third kappa shape index (κ3) is 3.92. The SMILES string of the molecule is O=C1NCCc2c1c1cccc(OCc3ccccc3)c1n2COCc1ccccc1. The van der Waals surface area contributed by atoms with Crippen molar-refractivity contribution >= 4 is 16.8 Å². The van der Waals surface area contributed by atoms with Crippen LogP contribution in [0.4, 0.5) is 0 Å². The van der Waals surface area contributed by atoms with Crippen molar-refractivity contribution in [2.24, 2.45) is 0 Å². The Labute approximate surface area is 181 Å². The summed E-state index contributed by atoms with van der Waals surface area (Å²) in [6.07, 6.45) is 0.766. The van der Waals surface area contributed by atoms with E-state index in [0.29, 0.717) is 26.5 Å². The molecule has 5 heteroatoms. The van der Waals surface area contributed by atoms with Gasteiger partial charge in [-0.15, -0.1) is 0 Å². The summed E-state index contributed by atoms with van der Waals surface area (Å²) < 4.78 is 14.4. The zero-order valence-electron chi connectivity index (χ0n) is 17.2. The fourth-order valence-electron chi connectivity index (χ4n) is 4.15. The summed E-state index contributed by atoms with van der Waals surface area (Å²) in [5, 5.41) is 3.87. The van der Waals surface area contributed by atoms with Crippen LogP contribution in [-0.2, 0) is 31.1 Å². The van der Waals surface area contributed by atoms with Gasteiger partial charge in [0.1, 0.15) is 19.1 Å². The normalized spacial score (nSPS) is 13.1. The van der Waals surface area contributed by atoms with E-state index in [1.54, 1.807) is 0 Å². The van der Waals surface area contributed by atoms with Crippen molar-refractivity contribution in [3.63, 3.8) is 0 Å². The van der Waals surface area contributed by atoms with E-state index in [1.807, 2.05) is 78.9 Å². The molecule has 5 nitrogen and oxygen atoms in total. The molecule has 0 fully saturated rings. The number of ether oxygens (including phenoxy) is 2. The van der Waals surface area contributed by atoms with Crippen molar-refractivity contribution in [3.8, 4) is 5.75 Å². The topological polar surface area (TPSA) is 52.5 Å². The highest BCUT2D eigenvalue weighted by Gasteiger charge is 2.27. The zero-order valence-corrected chi connectivity index (χ0v) is 17.2. The van der Waals surface area contributed by atoms with Gasteiger partial charge in [0.05, 0.1) is 17.7 Å². The van der Waals surface area contributed by atoms with Gasteiger partial charge in [0, 0.05) is 24.0 Å². The number of para-hydroxylation sites is 1. The van der Waals surface area contributed by atoms with E-state index in [1.165, 1.54) is 0 Å². The number of fused-ring (bicyclic) bond motifs is 3. The number of rotatable bonds is 7. The first-order chi connectivity index (χ1) is 15.3. The Bertz CT molecular complexity index is 1200. The minimum atomic E-state index is -0.0340. The molecule has 156 valence electrons. The van der Waals surface area contributed by atoms with E-state index in [0.717, 1.165) is 45.5 Å². The first-order valence-corrected chi connectivity index (χ1v) is 10.5. The second-order valence-corrected chi connectivity index (χ2v) is 7.65. The highest BCUT2D eigenvalue weighted by Crippen LogP contribution is 2.35. The molecule has 1 aliphatic rings. The molecule has 1 aliphatic heterocycles. The minimum absolute atomic E-state index is 0.0340. The minimum Gasteiger partial charge on any atom is -0.487 e. The summed E-state index contributed by atoms with van der Waals surface area (Å²) in [6.45, 7) is 1.96. The van der Waals surface area contributed by atoms with Gasteiger partial charge in [-0.05, 0) is 17.2 Å². The van der Waals surface area contributed by atoms with Crippen LogP contribution in [0.25, 0.3) is 10.9 Å². The van der Waals surface area contributed by atoms with Crippen LogP contribution in [0.1, 0.15) is 27.2 Å². The Balaban J connectivity index is 1.50. The number of carbonyl (C=O) groups is 1. The average molecular weight is 412 g/mol. The lowest BCUT2D eigenvalue weighted by molar-refractivity contribution is 0.0643. The molecule has 0 radical (unpaired) electrons. The van der Waals surface area contributed by atoms with Crippen LogP contribution in [0.5, 0.6) is 5.75 Å². The Morgan fingerprint density at radius 1 is 0.839 bits per heavy atom. The molecular formula is C26H24N2O3. The molecule has 1 N–H and O–H groups in total. The number of carbonyl (C=O) groups excluding carboxylic acids is 1. The van der Waals surface area contributed by atoms with E-state index in [9.17, 15) is 4.79 Å². The maximum Gasteiger partial charge on any atom is 0.253 e. The summed E-state index contributed by atoms with van der Waals surface area (Å²) in [4.78, 5) is 12.7. The molecule has 0 atom stereocenters. The second-order valence-electron chi connectivity index (χ2n) is 7.65. The maximum atomic E-state index is 12.7. The van der Waals surface area contributed by atoms with E-state index in [2.05, 4.69) is 9.88 Å². The Kier molecular flexibility index (Phi) is 5.42. The first kappa shape index (κ1) is 19.4. The summed E-state index contributed by atoms with van der Waals surface area (Å²) >= 11 is 0. The van der Waals surface area contributed by atoms with Gasteiger partial charge < -0.3 is 19.4 Å². The van der Waals surface area contributed by atoms with Gasteiger partial charge in [0.2, 0.25) is 0 Å². The molecule has 0 saturated carbocycles. The molecule has 31 heavy (non-hydrogen) atoms. The Morgan fingerprint density at radius 3 is 2.29 bits per heavy atom. The number of aromatic nitrogens is 1. The average Bonchev–Trinajstić information content (AvgIpc) is 3.14. The fraction of sp³-hybridized carbons (Fsp3) is 0.192. The zero-order chi connectivity index (χ0) is 21.0. The molecule has 2 heterocycles. The van der Waals surface area contributed by atoms with Crippen LogP contribution in [0.2, 0.25) is 0 Å². The largest absolute Gasteiger partial charge is 0.487 e. The van der Waals surface area contributed by atoms with Crippen molar-refractivity contribution in [3.05, 3.63) is 101 Å². The smallest absolute Gasteiger partial charge is 0.253 e. The Hall–Kier alpha value is -3.57. The lowest BCUT2D eigenvalue weighted by Gasteiger charge is -2.17.